The van der Waals surface area contributed by atoms with Gasteiger partial charge < -0.3 is 19.9 Å². The lowest BCUT2D eigenvalue weighted by atomic mass is 10.4. The molecule has 0 aromatic carbocycles. The number of hydrogen-bond acceptors (Lipinski definition) is 4. The Morgan fingerprint density at radius 2 is 2.15 bits per heavy atom. The molecule has 0 radical (unpaired) electrons. The van der Waals surface area contributed by atoms with E-state index < -0.39 is 0 Å². The van der Waals surface area contributed by atoms with Crippen LogP contribution in [0, 0.1) is 0 Å². The van der Waals surface area contributed by atoms with Gasteiger partial charge in [-0.3, -0.25) is 4.79 Å². The highest BCUT2D eigenvalue weighted by Gasteiger charge is 2.15. The average molecular weight is 299 g/mol. The molecule has 0 saturated heterocycles. The van der Waals surface area contributed by atoms with E-state index >= 15 is 0 Å². The van der Waals surface area contributed by atoms with Gasteiger partial charge in [0.05, 0.1) is 19.7 Å². The fourth-order valence-corrected chi connectivity index (χ4v) is 2.19. The third-order valence-electron chi connectivity index (χ3n) is 2.67. The summed E-state index contributed by atoms with van der Waals surface area (Å²) >= 11 is 1.59. The molecule has 0 bridgehead atoms. The highest BCUT2D eigenvalue weighted by Crippen LogP contribution is 2.11. The van der Waals surface area contributed by atoms with Crippen molar-refractivity contribution in [2.45, 2.75) is 6.54 Å². The van der Waals surface area contributed by atoms with Gasteiger partial charge in [0.15, 0.2) is 0 Å². The summed E-state index contributed by atoms with van der Waals surface area (Å²) in [5.41, 5.74) is 0. The molecule has 1 rings (SSSR count). The molecule has 1 heterocycles. The summed E-state index contributed by atoms with van der Waals surface area (Å²) in [5, 5.41) is 4.60. The van der Waals surface area contributed by atoms with E-state index in [2.05, 4.69) is 5.32 Å². The number of thiophene rings is 1. The lowest BCUT2D eigenvalue weighted by Crippen LogP contribution is -2.44. The number of amides is 3. The highest BCUT2D eigenvalue weighted by atomic mass is 32.1. The van der Waals surface area contributed by atoms with Gasteiger partial charge in [0, 0.05) is 32.6 Å². The van der Waals surface area contributed by atoms with Crippen LogP contribution in [0.15, 0.2) is 17.5 Å². The molecular weight excluding hydrogens is 278 g/mol. The predicted octanol–water partition coefficient (Wildman–Crippen LogP) is 0.994. The van der Waals surface area contributed by atoms with E-state index in [0.29, 0.717) is 19.7 Å². The molecule has 0 aliphatic rings. The number of carbonyl (C=O) groups excluding carboxylic acids is 2. The summed E-state index contributed by atoms with van der Waals surface area (Å²) < 4.78 is 5.01. The molecule has 0 saturated carbocycles. The van der Waals surface area contributed by atoms with Crippen molar-refractivity contribution in [2.75, 3.05) is 40.9 Å². The van der Waals surface area contributed by atoms with Crippen LogP contribution in [0.3, 0.4) is 0 Å². The minimum atomic E-state index is -0.259. The largest absolute Gasteiger partial charge is 0.383 e. The Balaban J connectivity index is 2.53. The number of likely N-dealkylation sites (N-methyl/N-ethyl adjacent to an activating group) is 1. The fourth-order valence-electron chi connectivity index (χ4n) is 1.47. The van der Waals surface area contributed by atoms with Crippen molar-refractivity contribution in [3.63, 3.8) is 0 Å². The maximum atomic E-state index is 12.1. The first-order chi connectivity index (χ1) is 9.54. The molecule has 0 atom stereocenters. The number of nitrogens with one attached hydrogen (secondary N) is 1. The van der Waals surface area contributed by atoms with Crippen LogP contribution >= 0.6 is 11.3 Å². The molecule has 7 heteroatoms. The van der Waals surface area contributed by atoms with Gasteiger partial charge in [-0.2, -0.15) is 0 Å². The quantitative estimate of drug-likeness (QED) is 0.817. The first-order valence-corrected chi connectivity index (χ1v) is 7.16. The van der Waals surface area contributed by atoms with Gasteiger partial charge in [0.1, 0.15) is 0 Å². The number of methoxy groups -OCH3 is 1. The zero-order valence-electron chi connectivity index (χ0n) is 12.1. The topological polar surface area (TPSA) is 61.9 Å². The van der Waals surface area contributed by atoms with Crippen molar-refractivity contribution in [1.82, 2.24) is 15.1 Å². The molecule has 1 N–H and O–H groups in total. The summed E-state index contributed by atoms with van der Waals surface area (Å²) in [6.07, 6.45) is 0. The second-order valence-corrected chi connectivity index (χ2v) is 5.47. The first-order valence-electron chi connectivity index (χ1n) is 6.29. The lowest BCUT2D eigenvalue weighted by molar-refractivity contribution is -0.127. The van der Waals surface area contributed by atoms with E-state index in [1.807, 2.05) is 17.5 Å². The SMILES string of the molecule is COCCN(Cc1cccs1)C(=O)NCC(=O)N(C)C. The maximum absolute atomic E-state index is 12.1. The van der Waals surface area contributed by atoms with Crippen LogP contribution in [0.1, 0.15) is 4.88 Å². The molecule has 1 aromatic rings. The van der Waals surface area contributed by atoms with Crippen LogP contribution in [0.25, 0.3) is 0 Å². The molecule has 0 aliphatic heterocycles. The molecule has 3 amide bonds. The summed E-state index contributed by atoms with van der Waals surface area (Å²) in [5.74, 6) is -0.138. The van der Waals surface area contributed by atoms with Crippen molar-refractivity contribution in [1.29, 1.82) is 0 Å². The third kappa shape index (κ3) is 5.58. The smallest absolute Gasteiger partial charge is 0.318 e. The second kappa shape index (κ2) is 8.55. The van der Waals surface area contributed by atoms with E-state index in [0.717, 1.165) is 4.88 Å². The summed E-state index contributed by atoms with van der Waals surface area (Å²) in [6.45, 7) is 1.46. The second-order valence-electron chi connectivity index (χ2n) is 4.44. The summed E-state index contributed by atoms with van der Waals surface area (Å²) in [6, 6.07) is 3.66. The van der Waals surface area contributed by atoms with Crippen molar-refractivity contribution in [3.8, 4) is 0 Å². The van der Waals surface area contributed by atoms with E-state index in [1.165, 1.54) is 4.90 Å². The maximum Gasteiger partial charge on any atom is 0.318 e. The minimum absolute atomic E-state index is 0.000242. The number of ether oxygens (including phenoxy) is 1. The van der Waals surface area contributed by atoms with E-state index in [-0.39, 0.29) is 18.5 Å². The van der Waals surface area contributed by atoms with Crippen LogP contribution in [0.4, 0.5) is 4.79 Å². The Morgan fingerprint density at radius 1 is 1.40 bits per heavy atom. The molecule has 112 valence electrons. The number of rotatable bonds is 7. The zero-order chi connectivity index (χ0) is 15.0. The van der Waals surface area contributed by atoms with Gasteiger partial charge >= 0.3 is 6.03 Å². The van der Waals surface area contributed by atoms with Gasteiger partial charge in [-0.05, 0) is 11.4 Å². The minimum Gasteiger partial charge on any atom is -0.383 e. The highest BCUT2D eigenvalue weighted by molar-refractivity contribution is 7.09. The van der Waals surface area contributed by atoms with E-state index in [9.17, 15) is 9.59 Å². The molecule has 1 aromatic heterocycles. The van der Waals surface area contributed by atoms with Gasteiger partial charge in [-0.15, -0.1) is 11.3 Å². The average Bonchev–Trinajstić information content (AvgIpc) is 2.93. The molecule has 0 unspecified atom stereocenters. The van der Waals surface area contributed by atoms with Crippen molar-refractivity contribution < 1.29 is 14.3 Å². The Morgan fingerprint density at radius 3 is 2.70 bits per heavy atom. The molecule has 0 fully saturated rings. The van der Waals surface area contributed by atoms with E-state index in [1.54, 1.807) is 37.4 Å². The number of carbonyl (C=O) groups is 2. The van der Waals surface area contributed by atoms with Gasteiger partial charge in [-0.25, -0.2) is 4.79 Å². The number of nitrogens with zero attached hydrogens (tertiary/aromatic N) is 2. The first kappa shape index (κ1) is 16.5. The molecule has 0 spiro atoms. The van der Waals surface area contributed by atoms with Gasteiger partial charge in [0.2, 0.25) is 5.91 Å². The molecule has 20 heavy (non-hydrogen) atoms. The fraction of sp³-hybridized carbons (Fsp3) is 0.538. The normalized spacial score (nSPS) is 10.2. The monoisotopic (exact) mass is 299 g/mol. The van der Waals surface area contributed by atoms with Gasteiger partial charge in [0.25, 0.3) is 0 Å². The number of hydrogen-bond donors (Lipinski definition) is 1. The molecular formula is C13H21N3O3S. The van der Waals surface area contributed by atoms with Crippen LogP contribution in [-0.2, 0) is 16.1 Å². The van der Waals surface area contributed by atoms with Crippen LogP contribution < -0.4 is 5.32 Å². The third-order valence-corrected chi connectivity index (χ3v) is 3.53. The summed E-state index contributed by atoms with van der Waals surface area (Å²) in [7, 11) is 4.91. The van der Waals surface area contributed by atoms with Crippen LogP contribution in [0.5, 0.6) is 0 Å². The Kier molecular flexibility index (Phi) is 7.03. The lowest BCUT2D eigenvalue weighted by Gasteiger charge is -2.22. The predicted molar refractivity (Wildman–Crippen MR) is 78.7 cm³/mol. The summed E-state index contributed by atoms with van der Waals surface area (Å²) in [4.78, 5) is 27.7. The van der Waals surface area contributed by atoms with Crippen molar-refractivity contribution in [2.24, 2.45) is 0 Å². The Bertz CT molecular complexity index is 421. The molecule has 6 nitrogen and oxygen atoms in total. The van der Waals surface area contributed by atoms with Gasteiger partial charge in [-0.1, -0.05) is 6.07 Å². The molecule has 0 aliphatic carbocycles. The van der Waals surface area contributed by atoms with Crippen molar-refractivity contribution in [3.05, 3.63) is 22.4 Å². The Labute approximate surface area is 123 Å². The van der Waals surface area contributed by atoms with E-state index in [4.69, 9.17) is 4.74 Å². The van der Waals surface area contributed by atoms with Crippen molar-refractivity contribution >= 4 is 23.3 Å². The van der Waals surface area contributed by atoms with Crippen LogP contribution in [0.2, 0.25) is 0 Å². The standard InChI is InChI=1S/C13H21N3O3S/c1-15(2)12(17)9-14-13(18)16(6-7-19-3)10-11-5-4-8-20-11/h4-5,8H,6-7,9-10H2,1-3H3,(H,14,18). The zero-order valence-corrected chi connectivity index (χ0v) is 12.9. The van der Waals surface area contributed by atoms with Crippen LogP contribution in [-0.4, -0.2) is 62.6 Å². The number of urea groups is 1. The Hall–Kier alpha value is -1.60.